The van der Waals surface area contributed by atoms with E-state index < -0.39 is 0 Å². The van der Waals surface area contributed by atoms with Gasteiger partial charge in [-0.3, -0.25) is 0 Å². The summed E-state index contributed by atoms with van der Waals surface area (Å²) >= 11 is 0. The van der Waals surface area contributed by atoms with Crippen molar-refractivity contribution in [2.24, 2.45) is 0 Å². The Kier molecular flexibility index (Phi) is 15.3. The number of hydrogen-bond donors (Lipinski definition) is 2. The third-order valence-electron chi connectivity index (χ3n) is 7.20. The second-order valence-electron chi connectivity index (χ2n) is 10.1. The normalized spacial score (nSPS) is 12.1. The molecule has 0 aliphatic heterocycles. The van der Waals surface area contributed by atoms with Gasteiger partial charge >= 0.3 is 0 Å². The minimum atomic E-state index is 0.179. The lowest BCUT2D eigenvalue weighted by molar-refractivity contribution is 0.459. The van der Waals surface area contributed by atoms with Crippen LogP contribution in [0.2, 0.25) is 0 Å². The Labute approximate surface area is 209 Å². The molecule has 0 fully saturated rings. The lowest BCUT2D eigenvalue weighted by Crippen LogP contribution is -2.02. The van der Waals surface area contributed by atoms with E-state index in [1.54, 1.807) is 18.2 Å². The summed E-state index contributed by atoms with van der Waals surface area (Å²) in [6.45, 7) is 2.29. The third kappa shape index (κ3) is 12.0. The van der Waals surface area contributed by atoms with Gasteiger partial charge in [-0.05, 0) is 30.2 Å². The van der Waals surface area contributed by atoms with Crippen molar-refractivity contribution in [1.29, 1.82) is 0 Å². The average molecular weight is 467 g/mol. The Morgan fingerprint density at radius 1 is 0.529 bits per heavy atom. The maximum atomic E-state index is 10.4. The number of phenolic OH excluding ortho intramolecular Hbond substituents is 2. The van der Waals surface area contributed by atoms with Gasteiger partial charge in [-0.15, -0.1) is 0 Å². The van der Waals surface area contributed by atoms with Crippen LogP contribution in [-0.2, 0) is 0 Å². The smallest absolute Gasteiger partial charge is 0.119 e. The maximum absolute atomic E-state index is 10.4. The summed E-state index contributed by atoms with van der Waals surface area (Å²) in [6, 6.07) is 15.1. The SMILES string of the molecule is CCCCCCCCCCCCCCCCCCCC(c1ccc(O)cc1)c1ccccc1O. The number of rotatable bonds is 20. The van der Waals surface area contributed by atoms with E-state index in [2.05, 4.69) is 6.92 Å². The van der Waals surface area contributed by atoms with Gasteiger partial charge in [-0.2, -0.15) is 0 Å². The van der Waals surface area contributed by atoms with Gasteiger partial charge in [0.2, 0.25) is 0 Å². The van der Waals surface area contributed by atoms with Crippen LogP contribution in [0.25, 0.3) is 0 Å². The first-order chi connectivity index (χ1) is 16.7. The highest BCUT2D eigenvalue weighted by atomic mass is 16.3. The zero-order valence-corrected chi connectivity index (χ0v) is 21.8. The standard InChI is InChI=1S/C32H50O2/c1-2-3-4-5-6-7-8-9-10-11-12-13-14-15-16-17-18-21-30(28-24-26-29(33)27-25-28)31-22-19-20-23-32(31)34/h19-20,22-27,30,33-34H,2-18,21H2,1H3. The van der Waals surface area contributed by atoms with Gasteiger partial charge in [0, 0.05) is 11.5 Å². The molecule has 0 saturated heterocycles. The van der Waals surface area contributed by atoms with E-state index in [-0.39, 0.29) is 11.7 Å². The summed E-state index contributed by atoms with van der Waals surface area (Å²) in [4.78, 5) is 0. The number of phenols is 2. The molecule has 1 unspecified atom stereocenters. The molecule has 1 atom stereocenters. The van der Waals surface area contributed by atoms with Gasteiger partial charge < -0.3 is 10.2 Å². The highest BCUT2D eigenvalue weighted by molar-refractivity contribution is 5.42. The molecule has 2 heteroatoms. The van der Waals surface area contributed by atoms with Crippen LogP contribution in [0, 0.1) is 0 Å². The molecular weight excluding hydrogens is 416 g/mol. The number of benzene rings is 2. The zero-order chi connectivity index (χ0) is 24.3. The van der Waals surface area contributed by atoms with Gasteiger partial charge in [-0.25, -0.2) is 0 Å². The molecule has 0 bridgehead atoms. The highest BCUT2D eigenvalue weighted by Crippen LogP contribution is 2.35. The van der Waals surface area contributed by atoms with Crippen LogP contribution >= 0.6 is 0 Å². The molecule has 0 aliphatic carbocycles. The molecule has 2 aromatic carbocycles. The van der Waals surface area contributed by atoms with Crippen LogP contribution in [0.3, 0.4) is 0 Å². The van der Waals surface area contributed by atoms with Crippen LogP contribution in [0.5, 0.6) is 11.5 Å². The molecule has 0 aromatic heterocycles. The van der Waals surface area contributed by atoms with Crippen LogP contribution < -0.4 is 0 Å². The second-order valence-corrected chi connectivity index (χ2v) is 10.1. The summed E-state index contributed by atoms with van der Waals surface area (Å²) in [5.74, 6) is 0.836. The Bertz CT molecular complexity index is 737. The number of para-hydroxylation sites is 1. The van der Waals surface area contributed by atoms with E-state index in [0.717, 1.165) is 17.5 Å². The van der Waals surface area contributed by atoms with Gasteiger partial charge in [0.05, 0.1) is 0 Å². The minimum absolute atomic E-state index is 0.179. The molecule has 2 aromatic rings. The summed E-state index contributed by atoms with van der Waals surface area (Å²) in [5.41, 5.74) is 2.15. The van der Waals surface area contributed by atoms with Gasteiger partial charge in [0.15, 0.2) is 0 Å². The first-order valence-corrected chi connectivity index (χ1v) is 14.3. The molecule has 190 valence electrons. The zero-order valence-electron chi connectivity index (χ0n) is 21.8. The van der Waals surface area contributed by atoms with Gasteiger partial charge in [-0.1, -0.05) is 146 Å². The molecule has 2 N–H and O–H groups in total. The first-order valence-electron chi connectivity index (χ1n) is 14.3. The van der Waals surface area contributed by atoms with E-state index >= 15 is 0 Å². The molecule has 0 radical (unpaired) electrons. The third-order valence-corrected chi connectivity index (χ3v) is 7.20. The fourth-order valence-electron chi connectivity index (χ4n) is 5.06. The number of unbranched alkanes of at least 4 members (excludes halogenated alkanes) is 16. The van der Waals surface area contributed by atoms with Crippen molar-refractivity contribution in [2.75, 3.05) is 0 Å². The van der Waals surface area contributed by atoms with Crippen molar-refractivity contribution in [3.8, 4) is 11.5 Å². The fourth-order valence-corrected chi connectivity index (χ4v) is 5.06. The van der Waals surface area contributed by atoms with Crippen molar-refractivity contribution in [3.05, 3.63) is 59.7 Å². The van der Waals surface area contributed by atoms with Crippen LogP contribution in [0.15, 0.2) is 48.5 Å². The number of aromatic hydroxyl groups is 2. The molecule has 0 heterocycles. The van der Waals surface area contributed by atoms with E-state index in [4.69, 9.17) is 0 Å². The van der Waals surface area contributed by atoms with E-state index in [1.807, 2.05) is 30.3 Å². The second kappa shape index (κ2) is 18.4. The van der Waals surface area contributed by atoms with Crippen LogP contribution in [-0.4, -0.2) is 10.2 Å². The molecule has 0 amide bonds. The maximum Gasteiger partial charge on any atom is 0.119 e. The Morgan fingerprint density at radius 2 is 0.971 bits per heavy atom. The Hall–Kier alpha value is -1.96. The molecule has 0 aliphatic rings. The molecule has 2 nitrogen and oxygen atoms in total. The van der Waals surface area contributed by atoms with Crippen molar-refractivity contribution in [1.82, 2.24) is 0 Å². The Morgan fingerprint density at radius 3 is 1.44 bits per heavy atom. The summed E-state index contributed by atoms with van der Waals surface area (Å²) in [6.07, 6.45) is 24.5. The van der Waals surface area contributed by atoms with Crippen molar-refractivity contribution in [2.45, 2.75) is 128 Å². The summed E-state index contributed by atoms with van der Waals surface area (Å²) < 4.78 is 0. The molecular formula is C32H50O2. The van der Waals surface area contributed by atoms with Gasteiger partial charge in [0.1, 0.15) is 11.5 Å². The topological polar surface area (TPSA) is 40.5 Å². The molecule has 2 rings (SSSR count). The van der Waals surface area contributed by atoms with Gasteiger partial charge in [0.25, 0.3) is 0 Å². The van der Waals surface area contributed by atoms with E-state index in [1.165, 1.54) is 109 Å². The van der Waals surface area contributed by atoms with E-state index in [9.17, 15) is 10.2 Å². The van der Waals surface area contributed by atoms with Crippen molar-refractivity contribution < 1.29 is 10.2 Å². The Balaban J connectivity index is 1.51. The van der Waals surface area contributed by atoms with E-state index in [0.29, 0.717) is 5.75 Å². The van der Waals surface area contributed by atoms with Crippen molar-refractivity contribution in [3.63, 3.8) is 0 Å². The largest absolute Gasteiger partial charge is 0.508 e. The molecule has 0 saturated carbocycles. The lowest BCUT2D eigenvalue weighted by atomic mass is 9.86. The average Bonchev–Trinajstić information content (AvgIpc) is 2.85. The predicted molar refractivity (Wildman–Crippen MR) is 147 cm³/mol. The minimum Gasteiger partial charge on any atom is -0.508 e. The highest BCUT2D eigenvalue weighted by Gasteiger charge is 2.17. The van der Waals surface area contributed by atoms with Crippen LogP contribution in [0.4, 0.5) is 0 Å². The summed E-state index contributed by atoms with van der Waals surface area (Å²) in [7, 11) is 0. The fraction of sp³-hybridized carbons (Fsp3) is 0.625. The van der Waals surface area contributed by atoms with Crippen molar-refractivity contribution >= 4 is 0 Å². The van der Waals surface area contributed by atoms with Crippen LogP contribution in [0.1, 0.15) is 140 Å². The predicted octanol–water partition coefficient (Wildman–Crippen LogP) is 10.3. The lowest BCUT2D eigenvalue weighted by Gasteiger charge is -2.19. The summed E-state index contributed by atoms with van der Waals surface area (Å²) in [5, 5.41) is 20.0. The molecule has 34 heavy (non-hydrogen) atoms. The quantitative estimate of drug-likeness (QED) is 0.190. The monoisotopic (exact) mass is 466 g/mol. The first kappa shape index (κ1) is 28.3. The molecule has 0 spiro atoms. The number of hydrogen-bond acceptors (Lipinski definition) is 2.